The van der Waals surface area contributed by atoms with Gasteiger partial charge in [0, 0.05) is 3.57 Å². The first kappa shape index (κ1) is 16.5. The number of halogens is 1. The van der Waals surface area contributed by atoms with Crippen LogP contribution < -0.4 is 4.74 Å². The number of hydrogen-bond acceptors (Lipinski definition) is 4. The predicted octanol–water partition coefficient (Wildman–Crippen LogP) is 4.08. The second-order valence-corrected chi connectivity index (χ2v) is 5.70. The molecule has 4 nitrogen and oxygen atoms in total. The lowest BCUT2D eigenvalue weighted by Gasteiger charge is -2.07. The van der Waals surface area contributed by atoms with Crippen LogP contribution in [0.5, 0.6) is 5.75 Å². The van der Waals surface area contributed by atoms with Crippen LogP contribution in [0, 0.1) is 3.57 Å². The van der Waals surface area contributed by atoms with Crippen LogP contribution in [-0.4, -0.2) is 18.5 Å². The molecule has 0 radical (unpaired) electrons. The lowest BCUT2D eigenvalue weighted by Crippen LogP contribution is -2.11. The van der Waals surface area contributed by atoms with Gasteiger partial charge in [0.1, 0.15) is 5.75 Å². The molecular weight excluding hydrogens is 395 g/mol. The average Bonchev–Trinajstić information content (AvgIpc) is 2.53. The summed E-state index contributed by atoms with van der Waals surface area (Å²) in [5.74, 6) is -0.561. The molecule has 2 aromatic rings. The first-order valence-electron chi connectivity index (χ1n) is 6.85. The molecule has 0 bridgehead atoms. The van der Waals surface area contributed by atoms with Gasteiger partial charge in [0.2, 0.25) is 0 Å². The summed E-state index contributed by atoms with van der Waals surface area (Å²) in [5, 5.41) is 0. The third kappa shape index (κ3) is 4.30. The first-order valence-corrected chi connectivity index (χ1v) is 7.93. The van der Waals surface area contributed by atoms with Gasteiger partial charge in [0.25, 0.3) is 0 Å². The molecule has 0 aliphatic heterocycles. The molecule has 0 N–H and O–H groups in total. The van der Waals surface area contributed by atoms with E-state index in [2.05, 4.69) is 22.6 Å². The molecule has 114 valence electrons. The molecule has 0 spiro atoms. The maximum absolute atomic E-state index is 12.1. The normalized spacial score (nSPS) is 10.1. The topological polar surface area (TPSA) is 52.6 Å². The number of esters is 2. The van der Waals surface area contributed by atoms with Crippen LogP contribution in [-0.2, 0) is 4.74 Å². The summed E-state index contributed by atoms with van der Waals surface area (Å²) in [5.41, 5.74) is 0.851. The lowest BCUT2D eigenvalue weighted by atomic mass is 10.2. The molecule has 5 heteroatoms. The zero-order chi connectivity index (χ0) is 15.9. The minimum atomic E-state index is -0.455. The van der Waals surface area contributed by atoms with Crippen LogP contribution in [0.25, 0.3) is 0 Å². The first-order chi connectivity index (χ1) is 10.6. The van der Waals surface area contributed by atoms with Gasteiger partial charge in [-0.05, 0) is 59.3 Å². The van der Waals surface area contributed by atoms with E-state index in [0.717, 1.165) is 9.99 Å². The van der Waals surface area contributed by atoms with Crippen molar-refractivity contribution < 1.29 is 19.1 Å². The fourth-order valence-corrected chi connectivity index (χ4v) is 2.36. The molecule has 22 heavy (non-hydrogen) atoms. The number of rotatable bonds is 5. The van der Waals surface area contributed by atoms with Crippen molar-refractivity contribution >= 4 is 34.5 Å². The SMILES string of the molecule is CCCOC(=O)c1cccc(OC(=O)c2ccccc2I)c1. The summed E-state index contributed by atoms with van der Waals surface area (Å²) >= 11 is 2.08. The standard InChI is InChI=1S/C17H15IO4/c1-2-10-21-16(19)12-6-5-7-13(11-12)22-17(20)14-8-3-4-9-15(14)18/h3-9,11H,2,10H2,1H3. The molecule has 0 saturated carbocycles. The second kappa shape index (κ2) is 7.93. The molecule has 0 aromatic heterocycles. The maximum atomic E-state index is 12.1. The van der Waals surface area contributed by atoms with Crippen molar-refractivity contribution in [2.24, 2.45) is 0 Å². The molecule has 2 aromatic carbocycles. The monoisotopic (exact) mass is 410 g/mol. The van der Waals surface area contributed by atoms with E-state index >= 15 is 0 Å². The van der Waals surface area contributed by atoms with Gasteiger partial charge in [-0.25, -0.2) is 9.59 Å². The Bertz CT molecular complexity index is 682. The van der Waals surface area contributed by atoms with E-state index in [1.54, 1.807) is 30.3 Å². The Balaban J connectivity index is 2.12. The van der Waals surface area contributed by atoms with Crippen molar-refractivity contribution in [2.45, 2.75) is 13.3 Å². The van der Waals surface area contributed by atoms with Crippen molar-refractivity contribution in [1.29, 1.82) is 0 Å². The number of carbonyl (C=O) groups is 2. The van der Waals surface area contributed by atoms with Crippen LogP contribution in [0.2, 0.25) is 0 Å². The van der Waals surface area contributed by atoms with Gasteiger partial charge in [-0.1, -0.05) is 25.1 Å². The van der Waals surface area contributed by atoms with Gasteiger partial charge in [0.15, 0.2) is 0 Å². The smallest absolute Gasteiger partial charge is 0.344 e. The molecule has 0 fully saturated rings. The number of benzene rings is 2. The van der Waals surface area contributed by atoms with E-state index in [1.807, 2.05) is 19.1 Å². The molecule has 0 amide bonds. The van der Waals surface area contributed by atoms with Gasteiger partial charge in [0.05, 0.1) is 17.7 Å². The van der Waals surface area contributed by atoms with Crippen LogP contribution in [0.3, 0.4) is 0 Å². The summed E-state index contributed by atoms with van der Waals surface area (Å²) in [7, 11) is 0. The molecule has 0 heterocycles. The summed E-state index contributed by atoms with van der Waals surface area (Å²) in [6.07, 6.45) is 0.757. The van der Waals surface area contributed by atoms with Crippen molar-refractivity contribution in [3.05, 3.63) is 63.2 Å². The molecule has 0 aliphatic carbocycles. The van der Waals surface area contributed by atoms with Gasteiger partial charge >= 0.3 is 11.9 Å². The van der Waals surface area contributed by atoms with E-state index in [9.17, 15) is 9.59 Å². The van der Waals surface area contributed by atoms with E-state index in [0.29, 0.717) is 23.5 Å². The van der Waals surface area contributed by atoms with Gasteiger partial charge < -0.3 is 9.47 Å². The van der Waals surface area contributed by atoms with Gasteiger partial charge in [-0.2, -0.15) is 0 Å². The van der Waals surface area contributed by atoms with Gasteiger partial charge in [-0.3, -0.25) is 0 Å². The van der Waals surface area contributed by atoms with Crippen molar-refractivity contribution in [3.8, 4) is 5.75 Å². The third-order valence-electron chi connectivity index (χ3n) is 2.81. The van der Waals surface area contributed by atoms with Crippen molar-refractivity contribution in [3.63, 3.8) is 0 Å². The highest BCUT2D eigenvalue weighted by molar-refractivity contribution is 14.1. The van der Waals surface area contributed by atoms with Crippen LogP contribution in [0.4, 0.5) is 0 Å². The van der Waals surface area contributed by atoms with E-state index < -0.39 is 11.9 Å². The van der Waals surface area contributed by atoms with E-state index in [4.69, 9.17) is 9.47 Å². The van der Waals surface area contributed by atoms with Crippen molar-refractivity contribution in [2.75, 3.05) is 6.61 Å². The van der Waals surface area contributed by atoms with E-state index in [-0.39, 0.29) is 0 Å². The Morgan fingerprint density at radius 2 is 1.82 bits per heavy atom. The van der Waals surface area contributed by atoms with Crippen LogP contribution in [0.15, 0.2) is 48.5 Å². The minimum Gasteiger partial charge on any atom is -0.462 e. The average molecular weight is 410 g/mol. The number of ether oxygens (including phenoxy) is 2. The summed E-state index contributed by atoms with van der Waals surface area (Å²) < 4.78 is 11.2. The second-order valence-electron chi connectivity index (χ2n) is 4.53. The fourth-order valence-electron chi connectivity index (χ4n) is 1.75. The Hall–Kier alpha value is -1.89. The molecule has 2 rings (SSSR count). The number of hydrogen-bond donors (Lipinski definition) is 0. The largest absolute Gasteiger partial charge is 0.462 e. The summed E-state index contributed by atoms with van der Waals surface area (Å²) in [4.78, 5) is 23.9. The Morgan fingerprint density at radius 3 is 2.55 bits per heavy atom. The molecule has 0 aliphatic rings. The molecule has 0 atom stereocenters. The zero-order valence-electron chi connectivity index (χ0n) is 12.0. The highest BCUT2D eigenvalue weighted by Gasteiger charge is 2.13. The summed E-state index contributed by atoms with van der Waals surface area (Å²) in [6, 6.07) is 13.6. The highest BCUT2D eigenvalue weighted by atomic mass is 127. The van der Waals surface area contributed by atoms with Crippen LogP contribution >= 0.6 is 22.6 Å². The van der Waals surface area contributed by atoms with Crippen molar-refractivity contribution in [1.82, 2.24) is 0 Å². The Kier molecular flexibility index (Phi) is 5.94. The van der Waals surface area contributed by atoms with E-state index in [1.165, 1.54) is 6.07 Å². The van der Waals surface area contributed by atoms with Gasteiger partial charge in [-0.15, -0.1) is 0 Å². The third-order valence-corrected chi connectivity index (χ3v) is 3.75. The predicted molar refractivity (Wildman–Crippen MR) is 91.1 cm³/mol. The minimum absolute atomic E-state index is 0.315. The quantitative estimate of drug-likeness (QED) is 0.424. The fraction of sp³-hybridized carbons (Fsp3) is 0.176. The highest BCUT2D eigenvalue weighted by Crippen LogP contribution is 2.18. The maximum Gasteiger partial charge on any atom is 0.344 e. The molecular formula is C17H15IO4. The Labute approximate surface area is 142 Å². The Morgan fingerprint density at radius 1 is 1.05 bits per heavy atom. The lowest BCUT2D eigenvalue weighted by molar-refractivity contribution is 0.0503. The van der Waals surface area contributed by atoms with Crippen LogP contribution in [0.1, 0.15) is 34.1 Å². The molecule has 0 unspecified atom stereocenters. The number of carbonyl (C=O) groups excluding carboxylic acids is 2. The summed E-state index contributed by atoms with van der Waals surface area (Å²) in [6.45, 7) is 2.29. The molecule has 0 saturated heterocycles. The zero-order valence-corrected chi connectivity index (χ0v) is 14.2.